The minimum Gasteiger partial charge on any atom is -0.309 e. The summed E-state index contributed by atoms with van der Waals surface area (Å²) in [7, 11) is 0. The van der Waals surface area contributed by atoms with Gasteiger partial charge in [-0.15, -0.1) is 0 Å². The molecule has 0 amide bonds. The monoisotopic (exact) mass is 662 g/mol. The van der Waals surface area contributed by atoms with Crippen molar-refractivity contribution in [2.75, 3.05) is 0 Å². The molecule has 0 aliphatic heterocycles. The lowest BCUT2D eigenvalue weighted by Gasteiger charge is -2.17. The van der Waals surface area contributed by atoms with Gasteiger partial charge in [-0.25, -0.2) is 0 Å². The Balaban J connectivity index is 1.12. The Hall–Kier alpha value is -6.64. The molecule has 244 valence electrons. The summed E-state index contributed by atoms with van der Waals surface area (Å²) < 4.78 is 4.86. The van der Waals surface area contributed by atoms with Crippen LogP contribution in [0, 0.1) is 0 Å². The zero-order valence-electron chi connectivity index (χ0n) is 28.8. The molecule has 2 nitrogen and oxygen atoms in total. The van der Waals surface area contributed by atoms with E-state index >= 15 is 0 Å². The van der Waals surface area contributed by atoms with Crippen LogP contribution in [0.15, 0.2) is 182 Å². The topological polar surface area (TPSA) is 9.86 Å². The molecule has 1 atom stereocenters. The quantitative estimate of drug-likeness (QED) is 0.177. The van der Waals surface area contributed by atoms with Crippen LogP contribution in [0.2, 0.25) is 0 Å². The lowest BCUT2D eigenvalue weighted by atomic mass is 9.90. The van der Waals surface area contributed by atoms with Gasteiger partial charge in [0, 0.05) is 38.8 Å². The largest absolute Gasteiger partial charge is 0.309 e. The molecule has 52 heavy (non-hydrogen) atoms. The summed E-state index contributed by atoms with van der Waals surface area (Å²) in [6.45, 7) is 2.36. The fourth-order valence-electron chi connectivity index (χ4n) is 9.03. The van der Waals surface area contributed by atoms with Gasteiger partial charge in [0.1, 0.15) is 0 Å². The highest BCUT2D eigenvalue weighted by Gasteiger charge is 2.29. The van der Waals surface area contributed by atoms with Crippen molar-refractivity contribution in [2.45, 2.75) is 12.8 Å². The van der Waals surface area contributed by atoms with E-state index in [1.54, 1.807) is 0 Å². The summed E-state index contributed by atoms with van der Waals surface area (Å²) in [6, 6.07) is 67.0. The number of rotatable bonds is 4. The molecule has 2 heterocycles. The minimum atomic E-state index is 0.329. The number of nitrogens with zero attached hydrogens (tertiary/aromatic N) is 2. The Morgan fingerprint density at radius 1 is 0.346 bits per heavy atom. The van der Waals surface area contributed by atoms with Gasteiger partial charge in [-0.1, -0.05) is 128 Å². The Morgan fingerprint density at radius 3 is 1.50 bits per heavy atom. The number of hydrogen-bond donors (Lipinski definition) is 0. The smallest absolute Gasteiger partial charge is 0.0541 e. The van der Waals surface area contributed by atoms with Crippen LogP contribution in [0.4, 0.5) is 0 Å². The average Bonchev–Trinajstić information content (AvgIpc) is 3.83. The number of fused-ring (bicyclic) bond motifs is 9. The Bertz CT molecular complexity index is 3020. The predicted molar refractivity (Wildman–Crippen MR) is 219 cm³/mol. The van der Waals surface area contributed by atoms with Gasteiger partial charge in [0.25, 0.3) is 0 Å². The van der Waals surface area contributed by atoms with Crippen LogP contribution in [-0.2, 0) is 0 Å². The number of benzene rings is 8. The fourth-order valence-corrected chi connectivity index (χ4v) is 9.03. The number of hydrogen-bond acceptors (Lipinski definition) is 0. The zero-order valence-corrected chi connectivity index (χ0v) is 28.8. The van der Waals surface area contributed by atoms with E-state index in [9.17, 15) is 0 Å². The summed E-state index contributed by atoms with van der Waals surface area (Å²) in [5.41, 5.74) is 17.7. The van der Waals surface area contributed by atoms with E-state index in [-0.39, 0.29) is 0 Å². The first kappa shape index (κ1) is 29.1. The van der Waals surface area contributed by atoms with Crippen LogP contribution >= 0.6 is 0 Å². The average molecular weight is 663 g/mol. The van der Waals surface area contributed by atoms with Gasteiger partial charge in [0.05, 0.1) is 22.1 Å². The third-order valence-corrected chi connectivity index (χ3v) is 11.4. The number of aromatic nitrogens is 2. The molecule has 0 radical (unpaired) electrons. The SMILES string of the molecule is CC1c2ccccc2-c2cc(-n3c4ccccc4c4cc(-c5ccc6c(c5)c5ccccc5n6-c5ccccc5)ccc43)cc(-c3ccccc3)c21. The lowest BCUT2D eigenvalue weighted by molar-refractivity contribution is 0.957. The second kappa shape index (κ2) is 11.2. The van der Waals surface area contributed by atoms with E-state index in [0.717, 1.165) is 0 Å². The van der Waals surface area contributed by atoms with Gasteiger partial charge < -0.3 is 9.13 Å². The first-order valence-electron chi connectivity index (χ1n) is 18.2. The van der Waals surface area contributed by atoms with Gasteiger partial charge in [-0.2, -0.15) is 0 Å². The summed E-state index contributed by atoms with van der Waals surface area (Å²) in [4.78, 5) is 0. The van der Waals surface area contributed by atoms with E-state index in [4.69, 9.17) is 0 Å². The van der Waals surface area contributed by atoms with E-state index < -0.39 is 0 Å². The molecule has 1 unspecified atom stereocenters. The van der Waals surface area contributed by atoms with Crippen LogP contribution in [0.25, 0.3) is 88.4 Å². The van der Waals surface area contributed by atoms with Crippen LogP contribution in [0.5, 0.6) is 0 Å². The minimum absolute atomic E-state index is 0.329. The van der Waals surface area contributed by atoms with Gasteiger partial charge in [-0.05, 0) is 105 Å². The first-order valence-corrected chi connectivity index (χ1v) is 18.2. The van der Waals surface area contributed by atoms with Crippen molar-refractivity contribution >= 4 is 43.6 Å². The van der Waals surface area contributed by atoms with Crippen LogP contribution in [-0.4, -0.2) is 9.13 Å². The molecular formula is C50H34N2. The molecule has 0 bridgehead atoms. The molecule has 2 heteroatoms. The Kier molecular flexibility index (Phi) is 6.26. The van der Waals surface area contributed by atoms with Gasteiger partial charge in [0.15, 0.2) is 0 Å². The zero-order chi connectivity index (χ0) is 34.3. The molecule has 0 spiro atoms. The fraction of sp³-hybridized carbons (Fsp3) is 0.0400. The molecule has 0 N–H and O–H groups in total. The molecule has 10 aromatic rings. The van der Waals surface area contributed by atoms with Gasteiger partial charge in [0.2, 0.25) is 0 Å². The van der Waals surface area contributed by atoms with Crippen molar-refractivity contribution in [1.29, 1.82) is 0 Å². The maximum atomic E-state index is 2.48. The third-order valence-electron chi connectivity index (χ3n) is 11.4. The maximum absolute atomic E-state index is 2.48. The molecular weight excluding hydrogens is 629 g/mol. The molecule has 8 aromatic carbocycles. The van der Waals surface area contributed by atoms with Crippen LogP contribution in [0.3, 0.4) is 0 Å². The van der Waals surface area contributed by atoms with Gasteiger partial charge in [-0.3, -0.25) is 0 Å². The van der Waals surface area contributed by atoms with Crippen molar-refractivity contribution in [3.63, 3.8) is 0 Å². The maximum Gasteiger partial charge on any atom is 0.0541 e. The van der Waals surface area contributed by atoms with Crippen LogP contribution in [0.1, 0.15) is 24.0 Å². The summed E-state index contributed by atoms with van der Waals surface area (Å²) in [6.07, 6.45) is 0. The molecule has 1 aliphatic carbocycles. The first-order chi connectivity index (χ1) is 25.7. The molecule has 0 saturated carbocycles. The van der Waals surface area contributed by atoms with Crippen molar-refractivity contribution in [3.8, 4) is 44.8 Å². The Labute approximate surface area is 302 Å². The Morgan fingerprint density at radius 2 is 0.846 bits per heavy atom. The van der Waals surface area contributed by atoms with Crippen molar-refractivity contribution in [1.82, 2.24) is 9.13 Å². The molecule has 1 aliphatic rings. The highest BCUT2D eigenvalue weighted by molar-refractivity contribution is 6.13. The van der Waals surface area contributed by atoms with Crippen molar-refractivity contribution < 1.29 is 0 Å². The van der Waals surface area contributed by atoms with Gasteiger partial charge >= 0.3 is 0 Å². The summed E-state index contributed by atoms with van der Waals surface area (Å²) in [5, 5.41) is 5.05. The standard InChI is InChI=1S/C50H34N2/c1-32-38-18-8-9-19-39(38)45-31-37(30-42(50(32)45)33-14-4-2-5-15-33)52-47-23-13-11-21-41(47)44-29-35(25-27-49(44)52)34-24-26-48-43(28-34)40-20-10-12-22-46(40)51(48)36-16-6-3-7-17-36/h2-32H,1H3. The van der Waals surface area contributed by atoms with Crippen molar-refractivity contribution in [2.24, 2.45) is 0 Å². The third kappa shape index (κ3) is 4.18. The molecule has 2 aromatic heterocycles. The number of para-hydroxylation sites is 3. The molecule has 11 rings (SSSR count). The second-order valence-electron chi connectivity index (χ2n) is 14.1. The van der Waals surface area contributed by atoms with Crippen molar-refractivity contribution in [3.05, 3.63) is 193 Å². The van der Waals surface area contributed by atoms with Crippen LogP contribution < -0.4 is 0 Å². The van der Waals surface area contributed by atoms with E-state index in [2.05, 4.69) is 198 Å². The highest BCUT2D eigenvalue weighted by Crippen LogP contribution is 2.50. The van der Waals surface area contributed by atoms with E-state index in [1.807, 2.05) is 0 Å². The normalized spacial score (nSPS) is 13.7. The predicted octanol–water partition coefficient (Wildman–Crippen LogP) is 13.3. The molecule has 0 saturated heterocycles. The molecule has 0 fully saturated rings. The van der Waals surface area contributed by atoms with E-state index in [1.165, 1.54) is 99.5 Å². The highest BCUT2D eigenvalue weighted by atomic mass is 15.0. The summed E-state index contributed by atoms with van der Waals surface area (Å²) in [5.74, 6) is 0.329. The lowest BCUT2D eigenvalue weighted by Crippen LogP contribution is -1.99. The van der Waals surface area contributed by atoms with E-state index in [0.29, 0.717) is 5.92 Å². The second-order valence-corrected chi connectivity index (χ2v) is 14.1. The summed E-state index contributed by atoms with van der Waals surface area (Å²) >= 11 is 0.